The van der Waals surface area contributed by atoms with Crippen molar-refractivity contribution in [2.45, 2.75) is 90.4 Å². The van der Waals surface area contributed by atoms with Gasteiger partial charge in [0.05, 0.1) is 5.56 Å². The smallest absolute Gasteiger partial charge is 0.416 e. The maximum atomic E-state index is 13.4. The van der Waals surface area contributed by atoms with Gasteiger partial charge in [0.1, 0.15) is 8.07 Å². The zero-order chi connectivity index (χ0) is 22.6. The molecule has 0 bridgehead atoms. The summed E-state index contributed by atoms with van der Waals surface area (Å²) in [5.41, 5.74) is 1.32. The van der Waals surface area contributed by atoms with Gasteiger partial charge in [0.15, 0.2) is 8.32 Å². The third kappa shape index (κ3) is 4.88. The van der Waals surface area contributed by atoms with Crippen molar-refractivity contribution in [2.75, 3.05) is 6.61 Å². The molecule has 0 atom stereocenters. The van der Waals surface area contributed by atoms with Crippen molar-refractivity contribution in [3.63, 3.8) is 0 Å². The number of hydrogen-bond donors (Lipinski definition) is 1. The number of alkyl halides is 3. The summed E-state index contributed by atoms with van der Waals surface area (Å²) in [7, 11) is -3.51. The number of aromatic amines is 1. The minimum atomic E-state index is -4.33. The van der Waals surface area contributed by atoms with Crippen LogP contribution >= 0.6 is 0 Å². The van der Waals surface area contributed by atoms with E-state index in [9.17, 15) is 13.2 Å². The van der Waals surface area contributed by atoms with Gasteiger partial charge in [-0.3, -0.25) is 0 Å². The van der Waals surface area contributed by atoms with Crippen LogP contribution in [-0.4, -0.2) is 28.0 Å². The Labute approximate surface area is 181 Å². The molecule has 30 heavy (non-hydrogen) atoms. The molecule has 170 valence electrons. The quantitative estimate of drug-likeness (QED) is 0.348. The van der Waals surface area contributed by atoms with E-state index in [0.717, 1.165) is 52.7 Å². The Morgan fingerprint density at radius 1 is 0.867 bits per heavy atom. The molecule has 0 aliphatic carbocycles. The van der Waals surface area contributed by atoms with Crippen LogP contribution in [0.4, 0.5) is 13.2 Å². The summed E-state index contributed by atoms with van der Waals surface area (Å²) < 4.78 is 46.7. The molecule has 0 amide bonds. The number of nitrogens with one attached hydrogen (secondary N) is 1. The fourth-order valence-corrected chi connectivity index (χ4v) is 11.4. The van der Waals surface area contributed by atoms with E-state index in [2.05, 4.69) is 46.5 Å². The van der Waals surface area contributed by atoms with Gasteiger partial charge in [-0.15, -0.1) is 0 Å². The van der Waals surface area contributed by atoms with Gasteiger partial charge in [-0.05, 0) is 48.3 Å². The van der Waals surface area contributed by atoms with Crippen LogP contribution < -0.4 is 5.32 Å². The van der Waals surface area contributed by atoms with Crippen LogP contribution in [0.2, 0.25) is 36.3 Å². The summed E-state index contributed by atoms with van der Waals surface area (Å²) in [4.78, 5) is 3.58. The highest BCUT2D eigenvalue weighted by Gasteiger charge is 2.36. The largest absolute Gasteiger partial charge is 0.416 e. The first-order valence-electron chi connectivity index (χ1n) is 11.5. The Hall–Kier alpha value is -1.06. The summed E-state index contributed by atoms with van der Waals surface area (Å²) in [5, 5.41) is 1.97. The van der Waals surface area contributed by atoms with Crippen molar-refractivity contribution in [3.05, 3.63) is 29.3 Å². The number of H-pyrrole nitrogens is 1. The highest BCUT2D eigenvalue weighted by Crippen LogP contribution is 2.34. The maximum Gasteiger partial charge on any atom is 0.416 e. The molecule has 0 radical (unpaired) electrons. The van der Waals surface area contributed by atoms with Crippen LogP contribution in [-0.2, 0) is 17.0 Å². The van der Waals surface area contributed by atoms with E-state index in [1.165, 1.54) is 17.4 Å². The zero-order valence-corrected chi connectivity index (χ0v) is 21.4. The highest BCUT2D eigenvalue weighted by atomic mass is 28.4. The summed E-state index contributed by atoms with van der Waals surface area (Å²) in [6.45, 7) is 13.9. The van der Waals surface area contributed by atoms with Crippen LogP contribution in [0.3, 0.4) is 0 Å². The lowest BCUT2D eigenvalue weighted by molar-refractivity contribution is -0.137. The number of aromatic nitrogens is 1. The van der Waals surface area contributed by atoms with E-state index < -0.39 is 28.1 Å². The Kier molecular flexibility index (Phi) is 8.44. The second-order valence-electron chi connectivity index (χ2n) is 8.42. The van der Waals surface area contributed by atoms with Gasteiger partial charge >= 0.3 is 6.18 Å². The van der Waals surface area contributed by atoms with E-state index in [4.69, 9.17) is 4.43 Å². The molecule has 0 spiro atoms. The fraction of sp³-hybridized carbons (Fsp3) is 0.652. The summed E-state index contributed by atoms with van der Waals surface area (Å²) in [5.74, 6) is 0. The van der Waals surface area contributed by atoms with Gasteiger partial charge in [-0.25, -0.2) is 0 Å². The Morgan fingerprint density at radius 2 is 1.43 bits per heavy atom. The van der Waals surface area contributed by atoms with E-state index in [0.29, 0.717) is 13.0 Å². The predicted molar refractivity (Wildman–Crippen MR) is 127 cm³/mol. The predicted octanol–water partition coefficient (Wildman–Crippen LogP) is 7.47. The molecule has 0 saturated heterocycles. The molecule has 0 fully saturated rings. The SMILES string of the molecule is CC[Si](CC)(CC)OCCc1c([Si](CC)(CC)CC)[nH]c2ccc(C(F)(F)F)cc12. The summed E-state index contributed by atoms with van der Waals surface area (Å²) >= 11 is 0. The van der Waals surface area contributed by atoms with E-state index in [1.807, 2.05) is 0 Å². The Bertz CT molecular complexity index is 807. The average molecular weight is 458 g/mol. The molecule has 1 aromatic carbocycles. The van der Waals surface area contributed by atoms with Crippen LogP contribution in [0.15, 0.2) is 18.2 Å². The number of rotatable bonds is 11. The molecule has 7 heteroatoms. The van der Waals surface area contributed by atoms with Gasteiger partial charge in [-0.2, -0.15) is 13.2 Å². The Balaban J connectivity index is 2.55. The number of halogens is 3. The molecule has 0 unspecified atom stereocenters. The zero-order valence-electron chi connectivity index (χ0n) is 19.4. The fourth-order valence-electron chi connectivity index (χ4n) is 4.84. The molecule has 0 aliphatic heterocycles. The minimum absolute atomic E-state index is 0.570. The number of fused-ring (bicyclic) bond motifs is 1. The topological polar surface area (TPSA) is 25.0 Å². The molecular formula is C23H38F3NOSi2. The van der Waals surface area contributed by atoms with Crippen LogP contribution in [0.1, 0.15) is 52.7 Å². The van der Waals surface area contributed by atoms with Crippen molar-refractivity contribution in [2.24, 2.45) is 0 Å². The van der Waals surface area contributed by atoms with Crippen LogP contribution in [0.5, 0.6) is 0 Å². The average Bonchev–Trinajstić information content (AvgIpc) is 3.11. The van der Waals surface area contributed by atoms with Gasteiger partial charge in [-0.1, -0.05) is 59.7 Å². The standard InChI is InChI=1S/C23H38F3NOSi2/c1-7-29(8-2,9-3)22-19(15-16-28-30(10-4,11-5)12-6)20-17-18(23(24,25)26)13-14-21(20)27-22/h13-14,17,27H,7-12,15-16H2,1-6H3. The first-order chi connectivity index (χ1) is 14.2. The molecule has 0 saturated carbocycles. The molecule has 0 aliphatic rings. The third-order valence-corrected chi connectivity index (χ3v) is 17.7. The van der Waals surface area contributed by atoms with E-state index in [-0.39, 0.29) is 0 Å². The van der Waals surface area contributed by atoms with E-state index >= 15 is 0 Å². The lowest BCUT2D eigenvalue weighted by atomic mass is 10.1. The molecular weight excluding hydrogens is 419 g/mol. The van der Waals surface area contributed by atoms with Crippen LogP contribution in [0, 0.1) is 0 Å². The van der Waals surface area contributed by atoms with Crippen molar-refractivity contribution < 1.29 is 17.6 Å². The number of benzene rings is 1. The van der Waals surface area contributed by atoms with Gasteiger partial charge in [0.25, 0.3) is 0 Å². The van der Waals surface area contributed by atoms with Crippen LogP contribution in [0.25, 0.3) is 10.9 Å². The monoisotopic (exact) mass is 457 g/mol. The summed E-state index contributed by atoms with van der Waals surface area (Å²) in [6, 6.07) is 10.6. The molecule has 2 rings (SSSR count). The highest BCUT2D eigenvalue weighted by molar-refractivity contribution is 6.91. The lowest BCUT2D eigenvalue weighted by Gasteiger charge is -2.30. The molecule has 1 N–H and O–H groups in total. The molecule has 1 aromatic heterocycles. The van der Waals surface area contributed by atoms with Gasteiger partial charge in [0, 0.05) is 22.8 Å². The third-order valence-electron chi connectivity index (χ3n) is 7.49. The van der Waals surface area contributed by atoms with E-state index in [1.54, 1.807) is 6.07 Å². The lowest BCUT2D eigenvalue weighted by Crippen LogP contribution is -2.48. The van der Waals surface area contributed by atoms with Crippen molar-refractivity contribution in [1.29, 1.82) is 0 Å². The maximum absolute atomic E-state index is 13.4. The molecule has 2 nitrogen and oxygen atoms in total. The second kappa shape index (κ2) is 10.0. The Morgan fingerprint density at radius 3 is 1.90 bits per heavy atom. The first kappa shape index (κ1) is 25.2. The van der Waals surface area contributed by atoms with Gasteiger partial charge in [0.2, 0.25) is 0 Å². The van der Waals surface area contributed by atoms with Crippen molar-refractivity contribution >= 4 is 32.6 Å². The van der Waals surface area contributed by atoms with Crippen molar-refractivity contribution in [3.8, 4) is 0 Å². The normalized spacial score (nSPS) is 13.4. The molecule has 1 heterocycles. The first-order valence-corrected chi connectivity index (χ1v) is 16.7. The molecule has 2 aromatic rings. The second-order valence-corrected chi connectivity index (χ2v) is 18.4. The van der Waals surface area contributed by atoms with Gasteiger partial charge < -0.3 is 9.41 Å². The van der Waals surface area contributed by atoms with Crippen molar-refractivity contribution in [1.82, 2.24) is 4.98 Å². The minimum Gasteiger partial charge on any atom is -0.416 e. The number of hydrogen-bond acceptors (Lipinski definition) is 1. The summed E-state index contributed by atoms with van der Waals surface area (Å²) in [6.07, 6.45) is -3.65.